The maximum atomic E-state index is 2.45. The molecule has 0 aliphatic heterocycles. The molecule has 0 heterocycles. The number of fused-ring (bicyclic) bond motifs is 13. The molecule has 36 heavy (non-hydrogen) atoms. The number of benzene rings is 6. The lowest BCUT2D eigenvalue weighted by Gasteiger charge is -2.41. The first-order chi connectivity index (χ1) is 17.7. The summed E-state index contributed by atoms with van der Waals surface area (Å²) in [6.07, 6.45) is 0.970. The average Bonchev–Trinajstić information content (AvgIpc) is 3.19. The molecule has 6 aromatic rings. The minimum atomic E-state index is -0.317. The van der Waals surface area contributed by atoms with E-state index < -0.39 is 0 Å². The summed E-state index contributed by atoms with van der Waals surface area (Å²) in [5, 5.41) is 5.41. The third-order valence-corrected chi connectivity index (χ3v) is 8.77. The summed E-state index contributed by atoms with van der Waals surface area (Å²) < 4.78 is 0. The van der Waals surface area contributed by atoms with Crippen LogP contribution in [0, 0.1) is 13.8 Å². The molecule has 0 N–H and O–H groups in total. The van der Waals surface area contributed by atoms with Gasteiger partial charge in [-0.15, -0.1) is 0 Å². The molecule has 0 saturated heterocycles. The van der Waals surface area contributed by atoms with Gasteiger partial charge in [-0.05, 0) is 91.9 Å². The molecule has 0 bridgehead atoms. The Bertz CT molecular complexity index is 1890. The van der Waals surface area contributed by atoms with E-state index in [1.54, 1.807) is 0 Å². The molecule has 6 aromatic carbocycles. The van der Waals surface area contributed by atoms with Gasteiger partial charge in [-0.2, -0.15) is 0 Å². The molecule has 1 spiro atoms. The van der Waals surface area contributed by atoms with Gasteiger partial charge in [-0.25, -0.2) is 0 Å². The van der Waals surface area contributed by atoms with E-state index in [9.17, 15) is 0 Å². The summed E-state index contributed by atoms with van der Waals surface area (Å²) in [6, 6.07) is 41.5. The smallest absolute Gasteiger partial charge is 0.0620 e. The molecular formula is C36H26. The Hall–Kier alpha value is -4.16. The van der Waals surface area contributed by atoms with Crippen LogP contribution < -0.4 is 0 Å². The van der Waals surface area contributed by atoms with Gasteiger partial charge in [0.2, 0.25) is 0 Å². The molecular weight excluding hydrogens is 432 g/mol. The van der Waals surface area contributed by atoms with Crippen molar-refractivity contribution in [2.45, 2.75) is 25.7 Å². The normalized spacial score (nSPS) is 17.2. The van der Waals surface area contributed by atoms with Crippen molar-refractivity contribution in [3.63, 3.8) is 0 Å². The summed E-state index contributed by atoms with van der Waals surface area (Å²) in [4.78, 5) is 0. The SMILES string of the molecule is Cc1ccc2c(c1)C1(c3ccccc3Cc3c1ccc1c(C)cccc31)c1ccc3ccccc3c1-2. The van der Waals surface area contributed by atoms with Gasteiger partial charge in [0, 0.05) is 0 Å². The first-order valence-electron chi connectivity index (χ1n) is 12.9. The predicted molar refractivity (Wildman–Crippen MR) is 151 cm³/mol. The van der Waals surface area contributed by atoms with Gasteiger partial charge < -0.3 is 0 Å². The molecule has 170 valence electrons. The van der Waals surface area contributed by atoms with E-state index >= 15 is 0 Å². The van der Waals surface area contributed by atoms with Crippen molar-refractivity contribution in [3.05, 3.63) is 154 Å². The van der Waals surface area contributed by atoms with Crippen molar-refractivity contribution in [1.82, 2.24) is 0 Å². The first kappa shape index (κ1) is 20.1. The number of aryl methyl sites for hydroxylation is 2. The largest absolute Gasteiger partial charge is 0.0719 e. The van der Waals surface area contributed by atoms with Gasteiger partial charge in [-0.3, -0.25) is 0 Å². The van der Waals surface area contributed by atoms with Gasteiger partial charge in [0.1, 0.15) is 0 Å². The Labute approximate surface area is 211 Å². The van der Waals surface area contributed by atoms with Crippen molar-refractivity contribution < 1.29 is 0 Å². The van der Waals surface area contributed by atoms with Crippen LogP contribution in [0.4, 0.5) is 0 Å². The zero-order valence-corrected chi connectivity index (χ0v) is 20.6. The van der Waals surface area contributed by atoms with Crippen LogP contribution in [0.25, 0.3) is 32.7 Å². The van der Waals surface area contributed by atoms with Gasteiger partial charge in [0.25, 0.3) is 0 Å². The highest BCUT2D eigenvalue weighted by Crippen LogP contribution is 2.61. The van der Waals surface area contributed by atoms with E-state index in [2.05, 4.69) is 123 Å². The lowest BCUT2D eigenvalue weighted by molar-refractivity contribution is 0.725. The van der Waals surface area contributed by atoms with Gasteiger partial charge in [-0.1, -0.05) is 115 Å². The topological polar surface area (TPSA) is 0 Å². The van der Waals surface area contributed by atoms with E-state index in [-0.39, 0.29) is 5.41 Å². The Morgan fingerprint density at radius 2 is 1.36 bits per heavy atom. The van der Waals surface area contributed by atoms with E-state index in [1.165, 1.54) is 77.2 Å². The second-order valence-electron chi connectivity index (χ2n) is 10.6. The third kappa shape index (κ3) is 2.35. The van der Waals surface area contributed by atoms with Crippen LogP contribution in [0.15, 0.2) is 109 Å². The molecule has 1 atom stereocenters. The molecule has 0 radical (unpaired) electrons. The fraction of sp³-hybridized carbons (Fsp3) is 0.111. The van der Waals surface area contributed by atoms with E-state index in [0.29, 0.717) is 0 Å². The highest BCUT2D eigenvalue weighted by Gasteiger charge is 2.50. The summed E-state index contributed by atoms with van der Waals surface area (Å²) in [7, 11) is 0. The predicted octanol–water partition coefficient (Wildman–Crippen LogP) is 8.88. The zero-order chi connectivity index (χ0) is 24.0. The standard InChI is InChI=1S/C36H26/c1-22-14-16-29-34(20-22)36(33-18-15-24-9-3-5-11-27(24)35(29)33)31-13-6-4-10-25(31)21-30-28-12-7-8-23(2)26(28)17-19-32(30)36/h3-20H,21H2,1-2H3. The molecule has 0 fully saturated rings. The van der Waals surface area contributed by atoms with E-state index in [1.807, 2.05) is 0 Å². The van der Waals surface area contributed by atoms with Gasteiger partial charge >= 0.3 is 0 Å². The van der Waals surface area contributed by atoms with Crippen LogP contribution in [0.2, 0.25) is 0 Å². The maximum absolute atomic E-state index is 2.45. The van der Waals surface area contributed by atoms with Crippen molar-refractivity contribution in [2.75, 3.05) is 0 Å². The Morgan fingerprint density at radius 1 is 0.556 bits per heavy atom. The minimum absolute atomic E-state index is 0.317. The molecule has 8 rings (SSSR count). The molecule has 0 aromatic heterocycles. The molecule has 0 amide bonds. The molecule has 1 unspecified atom stereocenters. The van der Waals surface area contributed by atoms with Gasteiger partial charge in [0.15, 0.2) is 0 Å². The average molecular weight is 459 g/mol. The Balaban J connectivity index is 1.63. The highest BCUT2D eigenvalue weighted by molar-refractivity contribution is 6.05. The Kier molecular flexibility index (Phi) is 3.88. The van der Waals surface area contributed by atoms with Crippen molar-refractivity contribution in [1.29, 1.82) is 0 Å². The fourth-order valence-electron chi connectivity index (χ4n) is 7.28. The maximum Gasteiger partial charge on any atom is 0.0719 e. The summed E-state index contributed by atoms with van der Waals surface area (Å²) in [5.41, 5.74) is 13.7. The van der Waals surface area contributed by atoms with Crippen LogP contribution in [0.3, 0.4) is 0 Å². The third-order valence-electron chi connectivity index (χ3n) is 8.77. The van der Waals surface area contributed by atoms with Crippen molar-refractivity contribution in [2.24, 2.45) is 0 Å². The monoisotopic (exact) mass is 458 g/mol. The molecule has 0 saturated carbocycles. The lowest BCUT2D eigenvalue weighted by atomic mass is 9.61. The lowest BCUT2D eigenvalue weighted by Crippen LogP contribution is -2.34. The van der Waals surface area contributed by atoms with Crippen LogP contribution in [-0.2, 0) is 11.8 Å². The summed E-state index contributed by atoms with van der Waals surface area (Å²) in [6.45, 7) is 4.46. The Morgan fingerprint density at radius 3 is 2.31 bits per heavy atom. The van der Waals surface area contributed by atoms with Crippen LogP contribution in [0.5, 0.6) is 0 Å². The molecule has 0 nitrogen and oxygen atoms in total. The summed E-state index contributed by atoms with van der Waals surface area (Å²) in [5.74, 6) is 0. The second kappa shape index (κ2) is 6.95. The van der Waals surface area contributed by atoms with E-state index in [4.69, 9.17) is 0 Å². The quantitative estimate of drug-likeness (QED) is 0.213. The highest BCUT2D eigenvalue weighted by atomic mass is 14.5. The minimum Gasteiger partial charge on any atom is -0.0620 e. The summed E-state index contributed by atoms with van der Waals surface area (Å²) >= 11 is 0. The second-order valence-corrected chi connectivity index (χ2v) is 10.6. The molecule has 2 aliphatic carbocycles. The number of hydrogen-bond acceptors (Lipinski definition) is 0. The van der Waals surface area contributed by atoms with Crippen LogP contribution >= 0.6 is 0 Å². The number of rotatable bonds is 0. The molecule has 0 heteroatoms. The van der Waals surface area contributed by atoms with E-state index in [0.717, 1.165) is 6.42 Å². The van der Waals surface area contributed by atoms with Crippen LogP contribution in [0.1, 0.15) is 44.5 Å². The van der Waals surface area contributed by atoms with Crippen LogP contribution in [-0.4, -0.2) is 0 Å². The number of hydrogen-bond donors (Lipinski definition) is 0. The molecule has 2 aliphatic rings. The zero-order valence-electron chi connectivity index (χ0n) is 20.6. The van der Waals surface area contributed by atoms with Crippen molar-refractivity contribution in [3.8, 4) is 11.1 Å². The van der Waals surface area contributed by atoms with Crippen molar-refractivity contribution >= 4 is 21.5 Å². The first-order valence-corrected chi connectivity index (χ1v) is 12.9. The van der Waals surface area contributed by atoms with Gasteiger partial charge in [0.05, 0.1) is 5.41 Å². The fourth-order valence-corrected chi connectivity index (χ4v) is 7.28.